The first-order valence-electron chi connectivity index (χ1n) is 7.49. The monoisotopic (exact) mass is 353 g/mol. The molecule has 24 heavy (non-hydrogen) atoms. The molecular formula is C16H20ClN3O4. The summed E-state index contributed by atoms with van der Waals surface area (Å²) in [5, 5.41) is 4.05. The van der Waals surface area contributed by atoms with Gasteiger partial charge in [-0.2, -0.15) is 4.98 Å². The maximum Gasteiger partial charge on any atom is 0.337 e. The van der Waals surface area contributed by atoms with Crippen molar-refractivity contribution in [2.45, 2.75) is 18.3 Å². The number of carbonyl (C=O) groups is 1. The van der Waals surface area contributed by atoms with Crippen molar-refractivity contribution in [1.29, 1.82) is 0 Å². The Bertz CT molecular complexity index is 698. The van der Waals surface area contributed by atoms with Crippen molar-refractivity contribution in [3.05, 3.63) is 35.7 Å². The minimum atomic E-state index is -0.404. The van der Waals surface area contributed by atoms with E-state index in [1.807, 2.05) is 6.07 Å². The number of hydrogen-bond acceptors (Lipinski definition) is 7. The summed E-state index contributed by atoms with van der Waals surface area (Å²) in [7, 11) is 1.34. The Morgan fingerprint density at radius 3 is 2.79 bits per heavy atom. The molecule has 2 aromatic rings. The average Bonchev–Trinajstić information content (AvgIpc) is 3.12. The summed E-state index contributed by atoms with van der Waals surface area (Å²) in [4.78, 5) is 16.1. The van der Waals surface area contributed by atoms with Crippen molar-refractivity contribution in [3.63, 3.8) is 0 Å². The number of benzene rings is 1. The van der Waals surface area contributed by atoms with E-state index in [1.165, 1.54) is 7.11 Å². The molecule has 2 N–H and O–H groups in total. The smallest absolute Gasteiger partial charge is 0.337 e. The normalized spacial score (nSPS) is 16.2. The maximum absolute atomic E-state index is 11.6. The van der Waals surface area contributed by atoms with Crippen LogP contribution in [0.4, 0.5) is 0 Å². The topological polar surface area (TPSA) is 100 Å². The van der Waals surface area contributed by atoms with Crippen LogP contribution in [0.15, 0.2) is 28.8 Å². The van der Waals surface area contributed by atoms with E-state index in [4.69, 9.17) is 19.7 Å². The Morgan fingerprint density at radius 2 is 2.12 bits per heavy atom. The molecule has 0 radical (unpaired) electrons. The molecule has 1 aromatic heterocycles. The minimum Gasteiger partial charge on any atom is -0.465 e. The number of aromatic nitrogens is 2. The molecule has 130 valence electrons. The van der Waals surface area contributed by atoms with Gasteiger partial charge in [-0.1, -0.05) is 17.3 Å². The van der Waals surface area contributed by atoms with Gasteiger partial charge in [0.25, 0.3) is 0 Å². The van der Waals surface area contributed by atoms with Gasteiger partial charge in [0.2, 0.25) is 11.7 Å². The van der Waals surface area contributed by atoms with Crippen LogP contribution in [0.25, 0.3) is 11.4 Å². The zero-order chi connectivity index (χ0) is 16.3. The zero-order valence-electron chi connectivity index (χ0n) is 13.4. The minimum absolute atomic E-state index is 0. The number of ether oxygens (including phenoxy) is 2. The highest BCUT2D eigenvalue weighted by Gasteiger charge is 2.38. The Kier molecular flexibility index (Phi) is 5.93. The second-order valence-corrected chi connectivity index (χ2v) is 5.59. The van der Waals surface area contributed by atoms with Crippen LogP contribution in [-0.2, 0) is 14.9 Å². The number of rotatable bonds is 4. The van der Waals surface area contributed by atoms with Gasteiger partial charge in [-0.3, -0.25) is 0 Å². The van der Waals surface area contributed by atoms with Gasteiger partial charge in [-0.05, 0) is 25.0 Å². The first-order chi connectivity index (χ1) is 11.2. The number of nitrogens with zero attached hydrogens (tertiary/aromatic N) is 2. The van der Waals surface area contributed by atoms with Crippen molar-refractivity contribution in [2.24, 2.45) is 5.73 Å². The summed E-state index contributed by atoms with van der Waals surface area (Å²) in [6, 6.07) is 6.93. The first kappa shape index (κ1) is 18.4. The molecule has 1 aliphatic heterocycles. The van der Waals surface area contributed by atoms with E-state index < -0.39 is 5.97 Å². The van der Waals surface area contributed by atoms with Crippen molar-refractivity contribution >= 4 is 18.4 Å². The van der Waals surface area contributed by atoms with Gasteiger partial charge in [0.05, 0.1) is 18.1 Å². The van der Waals surface area contributed by atoms with Gasteiger partial charge in [0.1, 0.15) is 0 Å². The van der Waals surface area contributed by atoms with Gasteiger partial charge >= 0.3 is 5.97 Å². The highest BCUT2D eigenvalue weighted by atomic mass is 35.5. The Hall–Kier alpha value is -1.96. The van der Waals surface area contributed by atoms with Crippen LogP contribution < -0.4 is 5.73 Å². The van der Waals surface area contributed by atoms with E-state index in [0.717, 1.165) is 12.8 Å². The lowest BCUT2D eigenvalue weighted by Gasteiger charge is -2.32. The lowest BCUT2D eigenvalue weighted by Crippen LogP contribution is -2.40. The van der Waals surface area contributed by atoms with Crippen molar-refractivity contribution in [1.82, 2.24) is 10.1 Å². The maximum atomic E-state index is 11.6. The van der Waals surface area contributed by atoms with Crippen LogP contribution in [0.1, 0.15) is 29.1 Å². The average molecular weight is 354 g/mol. The van der Waals surface area contributed by atoms with Crippen LogP contribution in [-0.4, -0.2) is 43.0 Å². The largest absolute Gasteiger partial charge is 0.465 e. The van der Waals surface area contributed by atoms with Gasteiger partial charge in [-0.15, -0.1) is 12.4 Å². The molecule has 8 heteroatoms. The first-order valence-corrected chi connectivity index (χ1v) is 7.49. The predicted octanol–water partition coefficient (Wildman–Crippen LogP) is 1.95. The summed E-state index contributed by atoms with van der Waals surface area (Å²) < 4.78 is 15.6. The summed E-state index contributed by atoms with van der Waals surface area (Å²) >= 11 is 0. The van der Waals surface area contributed by atoms with Crippen LogP contribution >= 0.6 is 12.4 Å². The lowest BCUT2D eigenvalue weighted by atomic mass is 9.80. The van der Waals surface area contributed by atoms with E-state index in [9.17, 15) is 4.79 Å². The molecular weight excluding hydrogens is 334 g/mol. The summed E-state index contributed by atoms with van der Waals surface area (Å²) in [6.07, 6.45) is 1.51. The molecule has 0 spiro atoms. The Balaban J connectivity index is 0.00000208. The van der Waals surface area contributed by atoms with Crippen LogP contribution in [0.5, 0.6) is 0 Å². The fraction of sp³-hybridized carbons (Fsp3) is 0.438. The molecule has 1 aromatic carbocycles. The molecule has 0 atom stereocenters. The van der Waals surface area contributed by atoms with Crippen LogP contribution in [0.2, 0.25) is 0 Å². The van der Waals surface area contributed by atoms with Crippen molar-refractivity contribution in [2.75, 3.05) is 26.9 Å². The summed E-state index contributed by atoms with van der Waals surface area (Å²) in [6.45, 7) is 1.69. The van der Waals surface area contributed by atoms with Crippen LogP contribution in [0, 0.1) is 0 Å². The Labute approximate surface area is 145 Å². The number of halogens is 1. The third-order valence-electron chi connectivity index (χ3n) is 4.26. The molecule has 1 aliphatic rings. The SMILES string of the molecule is COC(=O)c1cccc(-c2noc(C3(CN)CCOCC3)n2)c1.Cl. The number of nitrogens with two attached hydrogens (primary N) is 1. The fourth-order valence-electron chi connectivity index (χ4n) is 2.73. The summed E-state index contributed by atoms with van der Waals surface area (Å²) in [5.74, 6) is 0.560. The number of methoxy groups -OCH3 is 1. The molecule has 0 unspecified atom stereocenters. The Morgan fingerprint density at radius 1 is 1.38 bits per heavy atom. The molecule has 2 heterocycles. The van der Waals surface area contributed by atoms with E-state index >= 15 is 0 Å². The molecule has 1 fully saturated rings. The van der Waals surface area contributed by atoms with E-state index in [-0.39, 0.29) is 17.8 Å². The molecule has 0 aliphatic carbocycles. The van der Waals surface area contributed by atoms with Gasteiger partial charge in [0, 0.05) is 25.3 Å². The predicted molar refractivity (Wildman–Crippen MR) is 89.1 cm³/mol. The third-order valence-corrected chi connectivity index (χ3v) is 4.26. The molecule has 0 bridgehead atoms. The van der Waals surface area contributed by atoms with Gasteiger partial charge in [0.15, 0.2) is 0 Å². The lowest BCUT2D eigenvalue weighted by molar-refractivity contribution is 0.0409. The zero-order valence-corrected chi connectivity index (χ0v) is 14.2. The van der Waals surface area contributed by atoms with E-state index in [1.54, 1.807) is 18.2 Å². The van der Waals surface area contributed by atoms with Crippen molar-refractivity contribution < 1.29 is 18.8 Å². The highest BCUT2D eigenvalue weighted by molar-refractivity contribution is 5.90. The van der Waals surface area contributed by atoms with E-state index in [2.05, 4.69) is 10.1 Å². The highest BCUT2D eigenvalue weighted by Crippen LogP contribution is 2.33. The molecule has 7 nitrogen and oxygen atoms in total. The number of carbonyl (C=O) groups excluding carboxylic acids is 1. The third kappa shape index (κ3) is 3.43. The fourth-order valence-corrected chi connectivity index (χ4v) is 2.73. The quantitative estimate of drug-likeness (QED) is 0.838. The van der Waals surface area contributed by atoms with Crippen molar-refractivity contribution in [3.8, 4) is 11.4 Å². The molecule has 0 amide bonds. The number of esters is 1. The molecule has 0 saturated carbocycles. The molecule has 1 saturated heterocycles. The van der Waals surface area contributed by atoms with E-state index in [0.29, 0.717) is 42.6 Å². The molecule has 3 rings (SSSR count). The van der Waals surface area contributed by atoms with Gasteiger partial charge in [-0.25, -0.2) is 4.79 Å². The summed E-state index contributed by atoms with van der Waals surface area (Å²) in [5.41, 5.74) is 6.76. The van der Waals surface area contributed by atoms with Crippen LogP contribution in [0.3, 0.4) is 0 Å². The second kappa shape index (κ2) is 7.74. The van der Waals surface area contributed by atoms with Gasteiger partial charge < -0.3 is 19.7 Å². The standard InChI is InChI=1S/C16H19N3O4.ClH/c1-21-14(20)12-4-2-3-11(9-12)13-18-15(23-19-13)16(10-17)5-7-22-8-6-16;/h2-4,9H,5-8,10,17H2,1H3;1H. The number of hydrogen-bond donors (Lipinski definition) is 1. The second-order valence-electron chi connectivity index (χ2n) is 5.59.